The topological polar surface area (TPSA) is 48.4 Å². The number of nitrogens with one attached hydrogen (secondary N) is 1. The molecule has 3 heteroatoms. The van der Waals surface area contributed by atoms with E-state index in [1.54, 1.807) is 0 Å². The molecule has 0 unspecified atom stereocenters. The Morgan fingerprint density at radius 2 is 2.07 bits per heavy atom. The maximum atomic E-state index is 8.81. The predicted octanol–water partition coefficient (Wildman–Crippen LogP) is 2.29. The molecule has 0 amide bonds. The first-order chi connectivity index (χ1) is 6.90. The van der Waals surface area contributed by atoms with Crippen LogP contribution in [0.1, 0.15) is 17.7 Å². The number of oxime groups is 1. The summed E-state index contributed by atoms with van der Waals surface area (Å²) < 4.78 is 0. The molecule has 0 spiro atoms. The Balaban J connectivity index is 2.37. The van der Waals surface area contributed by atoms with Crippen molar-refractivity contribution in [2.75, 3.05) is 0 Å². The van der Waals surface area contributed by atoms with Crippen molar-refractivity contribution in [2.24, 2.45) is 5.16 Å². The van der Waals surface area contributed by atoms with Crippen molar-refractivity contribution in [3.63, 3.8) is 0 Å². The molecule has 1 aliphatic rings. The van der Waals surface area contributed by atoms with Gasteiger partial charge in [0, 0.05) is 10.9 Å². The number of aryl methyl sites for hydroxylation is 1. The van der Waals surface area contributed by atoms with Crippen molar-refractivity contribution in [1.29, 1.82) is 0 Å². The summed E-state index contributed by atoms with van der Waals surface area (Å²) in [6.07, 6.45) is 1.81. The molecule has 0 radical (unpaired) electrons. The molecule has 14 heavy (non-hydrogen) atoms. The van der Waals surface area contributed by atoms with E-state index >= 15 is 0 Å². The molecule has 0 bridgehead atoms. The number of rotatable bonds is 0. The summed E-state index contributed by atoms with van der Waals surface area (Å²) >= 11 is 0. The molecule has 2 aromatic rings. The zero-order chi connectivity index (χ0) is 9.54. The standard InChI is InChI=1S/C11H10N2O/c14-13-10-6-5-8-7-3-1-2-4-9(7)12-11(8)10/h1-4,12,14H,5-6H2. The number of nitrogens with zero attached hydrogens (tertiary/aromatic N) is 1. The van der Waals surface area contributed by atoms with Gasteiger partial charge in [-0.1, -0.05) is 23.4 Å². The molecule has 70 valence electrons. The molecule has 0 saturated carbocycles. The Labute approximate surface area is 81.1 Å². The summed E-state index contributed by atoms with van der Waals surface area (Å²) in [5, 5.41) is 13.4. The van der Waals surface area contributed by atoms with Gasteiger partial charge in [0.15, 0.2) is 0 Å². The molecular weight excluding hydrogens is 176 g/mol. The molecule has 0 fully saturated rings. The van der Waals surface area contributed by atoms with Crippen molar-refractivity contribution in [3.05, 3.63) is 35.5 Å². The lowest BCUT2D eigenvalue weighted by atomic mass is 10.1. The second-order valence-corrected chi connectivity index (χ2v) is 3.57. The fourth-order valence-corrected chi connectivity index (χ4v) is 2.17. The van der Waals surface area contributed by atoms with E-state index in [1.807, 2.05) is 18.2 Å². The number of hydrogen-bond acceptors (Lipinski definition) is 2. The van der Waals surface area contributed by atoms with E-state index in [9.17, 15) is 0 Å². The number of H-pyrrole nitrogens is 1. The third-order valence-corrected chi connectivity index (χ3v) is 2.83. The Kier molecular flexibility index (Phi) is 1.42. The summed E-state index contributed by atoms with van der Waals surface area (Å²) in [7, 11) is 0. The van der Waals surface area contributed by atoms with Crippen LogP contribution >= 0.6 is 0 Å². The van der Waals surface area contributed by atoms with Crippen molar-refractivity contribution in [2.45, 2.75) is 12.8 Å². The van der Waals surface area contributed by atoms with Crippen molar-refractivity contribution < 1.29 is 5.21 Å². The molecule has 0 atom stereocenters. The molecule has 1 heterocycles. The number of hydrogen-bond donors (Lipinski definition) is 2. The first kappa shape index (κ1) is 7.62. The number of para-hydroxylation sites is 1. The highest BCUT2D eigenvalue weighted by Gasteiger charge is 2.22. The maximum Gasteiger partial charge on any atom is 0.104 e. The highest BCUT2D eigenvalue weighted by molar-refractivity contribution is 6.08. The fraction of sp³-hybridized carbons (Fsp3) is 0.182. The Morgan fingerprint density at radius 1 is 1.21 bits per heavy atom. The second-order valence-electron chi connectivity index (χ2n) is 3.57. The predicted molar refractivity (Wildman–Crippen MR) is 54.9 cm³/mol. The van der Waals surface area contributed by atoms with Crippen LogP contribution in [0, 0.1) is 0 Å². The van der Waals surface area contributed by atoms with Crippen molar-refractivity contribution >= 4 is 16.6 Å². The molecule has 3 rings (SSSR count). The second kappa shape index (κ2) is 2.61. The zero-order valence-electron chi connectivity index (χ0n) is 7.62. The van der Waals surface area contributed by atoms with E-state index in [1.165, 1.54) is 10.9 Å². The number of aromatic amines is 1. The summed E-state index contributed by atoms with van der Waals surface area (Å²) in [5.74, 6) is 0. The number of fused-ring (bicyclic) bond motifs is 3. The lowest BCUT2D eigenvalue weighted by Gasteiger charge is -1.91. The van der Waals surface area contributed by atoms with Gasteiger partial charge in [0.1, 0.15) is 5.71 Å². The molecule has 0 aliphatic heterocycles. The van der Waals surface area contributed by atoms with Gasteiger partial charge >= 0.3 is 0 Å². The number of benzene rings is 1. The van der Waals surface area contributed by atoms with Gasteiger partial charge in [-0.25, -0.2) is 0 Å². The molecule has 1 aromatic carbocycles. The molecule has 1 aromatic heterocycles. The van der Waals surface area contributed by atoms with Crippen LogP contribution in [0.25, 0.3) is 10.9 Å². The van der Waals surface area contributed by atoms with Gasteiger partial charge in [0.25, 0.3) is 0 Å². The molecule has 2 N–H and O–H groups in total. The monoisotopic (exact) mass is 186 g/mol. The van der Waals surface area contributed by atoms with Crippen LogP contribution in [-0.4, -0.2) is 15.9 Å². The van der Waals surface area contributed by atoms with Gasteiger partial charge in [-0.05, 0) is 24.5 Å². The van der Waals surface area contributed by atoms with Crippen LogP contribution in [-0.2, 0) is 6.42 Å². The molecular formula is C11H10N2O. The van der Waals surface area contributed by atoms with Crippen LogP contribution in [0.4, 0.5) is 0 Å². The van der Waals surface area contributed by atoms with Crippen LogP contribution in [0.15, 0.2) is 29.4 Å². The van der Waals surface area contributed by atoms with Gasteiger partial charge in [0.05, 0.1) is 5.69 Å². The summed E-state index contributed by atoms with van der Waals surface area (Å²) in [6, 6.07) is 8.18. The van der Waals surface area contributed by atoms with Crippen LogP contribution in [0.3, 0.4) is 0 Å². The maximum absolute atomic E-state index is 8.81. The first-order valence-electron chi connectivity index (χ1n) is 4.71. The average Bonchev–Trinajstić information content (AvgIpc) is 2.75. The van der Waals surface area contributed by atoms with Gasteiger partial charge in [-0.2, -0.15) is 0 Å². The average molecular weight is 186 g/mol. The minimum absolute atomic E-state index is 0.774. The Hall–Kier alpha value is -1.77. The molecule has 3 nitrogen and oxygen atoms in total. The summed E-state index contributed by atoms with van der Waals surface area (Å²) in [6.45, 7) is 0. The van der Waals surface area contributed by atoms with Gasteiger partial charge < -0.3 is 10.2 Å². The van der Waals surface area contributed by atoms with E-state index < -0.39 is 0 Å². The normalized spacial score (nSPS) is 17.9. The van der Waals surface area contributed by atoms with Crippen LogP contribution in [0.2, 0.25) is 0 Å². The number of aromatic nitrogens is 1. The highest BCUT2D eigenvalue weighted by atomic mass is 16.4. The SMILES string of the molecule is ON=C1CCc2c1[nH]c1ccccc21. The Morgan fingerprint density at radius 3 is 2.93 bits per heavy atom. The summed E-state index contributed by atoms with van der Waals surface area (Å²) in [4.78, 5) is 3.29. The van der Waals surface area contributed by atoms with Crippen molar-refractivity contribution in [3.8, 4) is 0 Å². The minimum Gasteiger partial charge on any atom is -0.411 e. The fourth-order valence-electron chi connectivity index (χ4n) is 2.17. The first-order valence-corrected chi connectivity index (χ1v) is 4.71. The lowest BCUT2D eigenvalue weighted by Crippen LogP contribution is -1.94. The van der Waals surface area contributed by atoms with Crippen molar-refractivity contribution in [1.82, 2.24) is 4.98 Å². The van der Waals surface area contributed by atoms with E-state index in [-0.39, 0.29) is 0 Å². The van der Waals surface area contributed by atoms with Gasteiger partial charge in [-0.3, -0.25) is 0 Å². The smallest absolute Gasteiger partial charge is 0.104 e. The Bertz CT molecular complexity index is 525. The summed E-state index contributed by atoms with van der Waals surface area (Å²) in [5.41, 5.74) is 4.19. The van der Waals surface area contributed by atoms with E-state index in [4.69, 9.17) is 5.21 Å². The minimum atomic E-state index is 0.774. The van der Waals surface area contributed by atoms with Crippen LogP contribution in [0.5, 0.6) is 0 Å². The largest absolute Gasteiger partial charge is 0.411 e. The quantitative estimate of drug-likeness (QED) is 0.481. The zero-order valence-corrected chi connectivity index (χ0v) is 7.62. The van der Waals surface area contributed by atoms with E-state index in [0.717, 1.165) is 29.8 Å². The molecule has 0 saturated heterocycles. The molecule has 1 aliphatic carbocycles. The van der Waals surface area contributed by atoms with E-state index in [2.05, 4.69) is 16.2 Å². The van der Waals surface area contributed by atoms with Gasteiger partial charge in [0.2, 0.25) is 0 Å². The van der Waals surface area contributed by atoms with E-state index in [0.29, 0.717) is 0 Å². The third-order valence-electron chi connectivity index (χ3n) is 2.83. The third kappa shape index (κ3) is 0.839. The van der Waals surface area contributed by atoms with Crippen LogP contribution < -0.4 is 0 Å². The highest BCUT2D eigenvalue weighted by Crippen LogP contribution is 2.29. The van der Waals surface area contributed by atoms with Gasteiger partial charge in [-0.15, -0.1) is 0 Å². The lowest BCUT2D eigenvalue weighted by molar-refractivity contribution is 0.318.